The second-order valence-corrected chi connectivity index (χ2v) is 7.66. The van der Waals surface area contributed by atoms with E-state index in [0.29, 0.717) is 16.2 Å². The Morgan fingerprint density at radius 1 is 1.13 bits per heavy atom. The number of pyridine rings is 1. The van der Waals surface area contributed by atoms with E-state index in [1.165, 1.54) is 12.1 Å². The minimum Gasteiger partial charge on any atom is -0.486 e. The van der Waals surface area contributed by atoms with Gasteiger partial charge in [0.05, 0.1) is 10.6 Å². The molecule has 0 aliphatic rings. The van der Waals surface area contributed by atoms with E-state index in [9.17, 15) is 4.79 Å². The van der Waals surface area contributed by atoms with Gasteiger partial charge in [-0.1, -0.05) is 35.3 Å². The lowest BCUT2D eigenvalue weighted by Crippen LogP contribution is -2.09. The fourth-order valence-electron chi connectivity index (χ4n) is 3.08. The second-order valence-electron chi connectivity index (χ2n) is 6.81. The molecule has 4 aromatic rings. The van der Waals surface area contributed by atoms with E-state index in [-0.39, 0.29) is 29.4 Å². The highest BCUT2D eigenvalue weighted by molar-refractivity contribution is 6.34. The molecule has 2 aromatic carbocycles. The Morgan fingerprint density at radius 3 is 2.67 bits per heavy atom. The van der Waals surface area contributed by atoms with Crippen molar-refractivity contribution in [2.75, 3.05) is 0 Å². The highest BCUT2D eigenvalue weighted by Gasteiger charge is 2.21. The van der Waals surface area contributed by atoms with Crippen LogP contribution in [0.2, 0.25) is 10.0 Å². The summed E-state index contributed by atoms with van der Waals surface area (Å²) in [6.07, 6.45) is 1.50. The van der Waals surface area contributed by atoms with Crippen molar-refractivity contribution in [2.45, 2.75) is 20.0 Å². The third-order valence-corrected chi connectivity index (χ3v) is 5.23. The Hall–Kier alpha value is -2.96. The van der Waals surface area contributed by atoms with Gasteiger partial charge < -0.3 is 4.74 Å². The number of halogens is 3. The van der Waals surface area contributed by atoms with E-state index in [4.69, 9.17) is 27.9 Å². The number of Topliss-reactive ketones (excluding diaryl/α,β-unsaturated/α-hetero) is 1. The first-order valence-corrected chi connectivity index (χ1v) is 9.86. The molecular weight excluding hydrogens is 428 g/mol. The summed E-state index contributed by atoms with van der Waals surface area (Å²) in [4.78, 5) is 17.1. The van der Waals surface area contributed by atoms with Crippen molar-refractivity contribution in [1.82, 2.24) is 15.2 Å². The largest absolute Gasteiger partial charge is 0.486 e. The maximum atomic E-state index is 15.0. The number of carbonyl (C=O) groups excluding carboxylic acids is 1. The lowest BCUT2D eigenvalue weighted by molar-refractivity contribution is 0.0988. The molecule has 0 aliphatic carbocycles. The molecule has 5 nitrogen and oxygen atoms in total. The van der Waals surface area contributed by atoms with E-state index in [2.05, 4.69) is 15.2 Å². The maximum Gasteiger partial charge on any atom is 0.181 e. The third kappa shape index (κ3) is 4.15. The number of hydrogen-bond donors (Lipinski definition) is 1. The van der Waals surface area contributed by atoms with Crippen LogP contribution in [0.3, 0.4) is 0 Å². The van der Waals surface area contributed by atoms with Crippen LogP contribution in [-0.4, -0.2) is 21.0 Å². The molecule has 2 aromatic heterocycles. The zero-order chi connectivity index (χ0) is 21.3. The van der Waals surface area contributed by atoms with Crippen molar-refractivity contribution < 1.29 is 13.9 Å². The number of nitrogens with one attached hydrogen (secondary N) is 1. The number of aryl methyl sites for hydroxylation is 1. The van der Waals surface area contributed by atoms with Crippen LogP contribution in [0.15, 0.2) is 48.7 Å². The minimum atomic E-state index is -0.782. The van der Waals surface area contributed by atoms with Crippen LogP contribution in [0.5, 0.6) is 5.75 Å². The topological polar surface area (TPSA) is 67.9 Å². The summed E-state index contributed by atoms with van der Waals surface area (Å²) in [5.41, 5.74) is 2.66. The average molecular weight is 444 g/mol. The summed E-state index contributed by atoms with van der Waals surface area (Å²) in [6.45, 7) is 1.99. The SMILES string of the molecule is Cc1[nH]nc2ncc(CC(=O)c3c(Cl)ccc(OCc4ccc(Cl)cc4)c3F)cc12. The number of H-pyrrole nitrogens is 1. The van der Waals surface area contributed by atoms with E-state index in [0.717, 1.165) is 16.6 Å². The van der Waals surface area contributed by atoms with Gasteiger partial charge in [-0.15, -0.1) is 0 Å². The predicted octanol–water partition coefficient (Wildman–Crippen LogP) is 5.72. The Labute approximate surface area is 181 Å². The second kappa shape index (κ2) is 8.42. The molecule has 152 valence electrons. The van der Waals surface area contributed by atoms with Crippen LogP contribution in [0.1, 0.15) is 27.2 Å². The molecule has 4 rings (SSSR count). The zero-order valence-corrected chi connectivity index (χ0v) is 17.4. The first kappa shape index (κ1) is 20.3. The van der Waals surface area contributed by atoms with Gasteiger partial charge in [0, 0.05) is 28.7 Å². The molecular formula is C22H16Cl2FN3O2. The molecule has 0 spiro atoms. The van der Waals surface area contributed by atoms with Crippen LogP contribution in [0.4, 0.5) is 4.39 Å². The van der Waals surface area contributed by atoms with Crippen LogP contribution in [0, 0.1) is 12.7 Å². The summed E-state index contributed by atoms with van der Waals surface area (Å²) < 4.78 is 20.6. The lowest BCUT2D eigenvalue weighted by atomic mass is 10.0. The Kier molecular flexibility index (Phi) is 5.70. The van der Waals surface area contributed by atoms with E-state index < -0.39 is 11.6 Å². The molecule has 0 atom stereocenters. The van der Waals surface area contributed by atoms with Gasteiger partial charge in [0.15, 0.2) is 23.0 Å². The first-order valence-electron chi connectivity index (χ1n) is 9.10. The van der Waals surface area contributed by atoms with Gasteiger partial charge in [-0.3, -0.25) is 9.89 Å². The predicted molar refractivity (Wildman–Crippen MR) is 114 cm³/mol. The van der Waals surface area contributed by atoms with Crippen molar-refractivity contribution in [3.05, 3.63) is 86.9 Å². The van der Waals surface area contributed by atoms with Crippen LogP contribution < -0.4 is 4.74 Å². The number of aromatic nitrogens is 3. The molecule has 0 saturated carbocycles. The van der Waals surface area contributed by atoms with Gasteiger partial charge in [0.2, 0.25) is 0 Å². The number of carbonyl (C=O) groups is 1. The average Bonchev–Trinajstić information content (AvgIpc) is 3.09. The molecule has 0 aliphatic heterocycles. The normalized spacial score (nSPS) is 11.1. The van der Waals surface area contributed by atoms with Gasteiger partial charge in [0.1, 0.15) is 6.61 Å². The number of fused-ring (bicyclic) bond motifs is 1. The van der Waals surface area contributed by atoms with Gasteiger partial charge in [-0.2, -0.15) is 5.10 Å². The third-order valence-electron chi connectivity index (χ3n) is 4.66. The standard InChI is InChI=1S/C22H16Cl2FN3O2/c1-12-16-8-14(10-26-22(16)28-27-12)9-18(29)20-17(24)6-7-19(21(20)25)30-11-13-2-4-15(23)5-3-13/h2-8,10H,9,11H2,1H3,(H,26,27,28). The van der Waals surface area contributed by atoms with Crippen molar-refractivity contribution in [3.63, 3.8) is 0 Å². The fourth-order valence-corrected chi connectivity index (χ4v) is 3.45. The smallest absolute Gasteiger partial charge is 0.181 e. The number of nitrogens with zero attached hydrogens (tertiary/aromatic N) is 2. The van der Waals surface area contributed by atoms with Crippen molar-refractivity contribution in [1.29, 1.82) is 0 Å². The van der Waals surface area contributed by atoms with Gasteiger partial charge in [-0.25, -0.2) is 9.37 Å². The Bertz CT molecular complexity index is 1240. The van der Waals surface area contributed by atoms with E-state index in [1.807, 2.05) is 13.0 Å². The molecule has 30 heavy (non-hydrogen) atoms. The maximum absolute atomic E-state index is 15.0. The number of ether oxygens (including phenoxy) is 1. The van der Waals surface area contributed by atoms with Gasteiger partial charge in [-0.05, 0) is 48.4 Å². The summed E-state index contributed by atoms with van der Waals surface area (Å²) in [7, 11) is 0. The molecule has 8 heteroatoms. The number of benzene rings is 2. The number of rotatable bonds is 6. The summed E-state index contributed by atoms with van der Waals surface area (Å²) in [5.74, 6) is -1.29. The number of ketones is 1. The molecule has 0 unspecified atom stereocenters. The first-order chi connectivity index (χ1) is 14.4. The molecule has 0 bridgehead atoms. The lowest BCUT2D eigenvalue weighted by Gasteiger charge is -2.12. The monoisotopic (exact) mass is 443 g/mol. The van der Waals surface area contributed by atoms with Crippen LogP contribution >= 0.6 is 23.2 Å². The molecule has 0 fully saturated rings. The molecule has 0 saturated heterocycles. The molecule has 0 amide bonds. The van der Waals surface area contributed by atoms with E-state index in [1.54, 1.807) is 30.5 Å². The summed E-state index contributed by atoms with van der Waals surface area (Å²) >= 11 is 12.0. The van der Waals surface area contributed by atoms with Crippen molar-refractivity contribution >= 4 is 40.0 Å². The Morgan fingerprint density at radius 2 is 1.90 bits per heavy atom. The molecule has 0 radical (unpaired) electrons. The highest BCUT2D eigenvalue weighted by atomic mass is 35.5. The summed E-state index contributed by atoms with van der Waals surface area (Å²) in [5, 5.41) is 8.35. The zero-order valence-electron chi connectivity index (χ0n) is 15.9. The highest BCUT2D eigenvalue weighted by Crippen LogP contribution is 2.29. The molecule has 2 heterocycles. The van der Waals surface area contributed by atoms with E-state index >= 15 is 4.39 Å². The van der Waals surface area contributed by atoms with Crippen molar-refractivity contribution in [3.8, 4) is 5.75 Å². The minimum absolute atomic E-state index is 0.0323. The van der Waals surface area contributed by atoms with Gasteiger partial charge in [0.25, 0.3) is 0 Å². The quantitative estimate of drug-likeness (QED) is 0.387. The summed E-state index contributed by atoms with van der Waals surface area (Å²) in [6, 6.07) is 11.7. The van der Waals surface area contributed by atoms with Crippen molar-refractivity contribution in [2.24, 2.45) is 0 Å². The number of hydrogen-bond acceptors (Lipinski definition) is 4. The fraction of sp³-hybridized carbons (Fsp3) is 0.136. The molecule has 1 N–H and O–H groups in total. The Balaban J connectivity index is 1.56. The van der Waals surface area contributed by atoms with Crippen LogP contribution in [-0.2, 0) is 13.0 Å². The van der Waals surface area contributed by atoms with Gasteiger partial charge >= 0.3 is 0 Å². The number of aromatic amines is 1. The van der Waals surface area contributed by atoms with Crippen LogP contribution in [0.25, 0.3) is 11.0 Å².